The van der Waals surface area contributed by atoms with Crippen molar-refractivity contribution in [2.75, 3.05) is 13.7 Å². The molecule has 0 aromatic rings. The molecule has 10 atom stereocenters. The predicted octanol–water partition coefficient (Wildman–Crippen LogP) is -2.38. The average molecular weight is 470 g/mol. The molecule has 3 aliphatic heterocycles. The van der Waals surface area contributed by atoms with Gasteiger partial charge in [0.1, 0.15) is 24.4 Å². The molecular formula is C21H26O12. The number of hydrogen-bond acceptors (Lipinski definition) is 12. The fourth-order valence-electron chi connectivity index (χ4n) is 4.57. The highest BCUT2D eigenvalue weighted by Crippen LogP contribution is 2.50. The van der Waals surface area contributed by atoms with E-state index in [2.05, 4.69) is 0 Å². The minimum atomic E-state index is -1.70. The van der Waals surface area contributed by atoms with Crippen LogP contribution in [0.5, 0.6) is 0 Å². The number of allylic oxidation sites excluding steroid dienone is 1. The van der Waals surface area contributed by atoms with Gasteiger partial charge in [-0.25, -0.2) is 9.59 Å². The third-order valence-corrected chi connectivity index (χ3v) is 6.33. The van der Waals surface area contributed by atoms with Crippen LogP contribution in [0.2, 0.25) is 0 Å². The lowest BCUT2D eigenvalue weighted by atomic mass is 9.78. The second-order valence-corrected chi connectivity index (χ2v) is 8.33. The van der Waals surface area contributed by atoms with E-state index in [4.69, 9.17) is 23.7 Å². The van der Waals surface area contributed by atoms with E-state index in [1.165, 1.54) is 20.1 Å². The largest absolute Gasteiger partial charge is 0.471 e. The summed E-state index contributed by atoms with van der Waals surface area (Å²) in [5, 5.41) is 49.8. The summed E-state index contributed by atoms with van der Waals surface area (Å²) >= 11 is 0. The standard InChI is InChI=1S/C21H26O12/c1-8(23)10-5-21(33-18(10)28)4-3-9-11(17(27)29-2)7-30-19(13(9)21)32-20-16(26)15(25)14(24)12(6-22)31-20/h3-5,7-9,12-16,19-20,22-26H,6H2,1-2H3/t8-,9+,12+,13+,14+,15-,16+,19+,20+,21+/m0/s1. The van der Waals surface area contributed by atoms with Crippen molar-refractivity contribution in [1.82, 2.24) is 0 Å². The first-order chi connectivity index (χ1) is 15.6. The topological polar surface area (TPSA) is 181 Å². The normalized spacial score (nSPS) is 42.8. The maximum absolute atomic E-state index is 12.4. The summed E-state index contributed by atoms with van der Waals surface area (Å²) in [5.74, 6) is -3.03. The molecule has 1 aliphatic carbocycles. The number of methoxy groups -OCH3 is 1. The van der Waals surface area contributed by atoms with Gasteiger partial charge in [0.05, 0.1) is 43.1 Å². The Balaban J connectivity index is 1.67. The van der Waals surface area contributed by atoms with Gasteiger partial charge in [0.2, 0.25) is 6.29 Å². The summed E-state index contributed by atoms with van der Waals surface area (Å²) in [7, 11) is 1.20. The highest BCUT2D eigenvalue weighted by molar-refractivity contribution is 5.94. The van der Waals surface area contributed by atoms with Crippen LogP contribution in [-0.2, 0) is 33.3 Å². The predicted molar refractivity (Wildman–Crippen MR) is 105 cm³/mol. The molecule has 0 aromatic carbocycles. The van der Waals surface area contributed by atoms with Crippen LogP contribution in [-0.4, -0.2) is 99.9 Å². The highest BCUT2D eigenvalue weighted by Gasteiger charge is 2.59. The lowest BCUT2D eigenvalue weighted by Gasteiger charge is -2.44. The van der Waals surface area contributed by atoms with E-state index in [9.17, 15) is 35.1 Å². The van der Waals surface area contributed by atoms with E-state index in [0.29, 0.717) is 0 Å². The van der Waals surface area contributed by atoms with E-state index < -0.39 is 79.1 Å². The number of rotatable bonds is 5. The number of carbonyl (C=O) groups is 2. The van der Waals surface area contributed by atoms with Gasteiger partial charge in [0.15, 0.2) is 11.9 Å². The molecule has 0 bridgehead atoms. The van der Waals surface area contributed by atoms with Crippen LogP contribution in [0.25, 0.3) is 0 Å². The maximum Gasteiger partial charge on any atom is 0.337 e. The summed E-state index contributed by atoms with van der Waals surface area (Å²) in [6.45, 7) is 0.750. The lowest BCUT2D eigenvalue weighted by molar-refractivity contribution is -0.344. The zero-order chi connectivity index (χ0) is 24.1. The average Bonchev–Trinajstić information content (AvgIpc) is 3.34. The molecule has 1 spiro atoms. The number of ether oxygens (including phenoxy) is 5. The fraction of sp³-hybridized carbons (Fsp3) is 0.619. The minimum absolute atomic E-state index is 0.0149. The summed E-state index contributed by atoms with van der Waals surface area (Å²) in [6.07, 6.45) is -4.38. The van der Waals surface area contributed by atoms with E-state index in [0.717, 1.165) is 6.26 Å². The Morgan fingerprint density at radius 2 is 1.94 bits per heavy atom. The van der Waals surface area contributed by atoms with Crippen molar-refractivity contribution in [3.63, 3.8) is 0 Å². The Kier molecular flexibility index (Phi) is 6.35. The molecule has 5 N–H and O–H groups in total. The molecule has 0 amide bonds. The molecule has 3 heterocycles. The first-order valence-corrected chi connectivity index (χ1v) is 10.4. The second kappa shape index (κ2) is 8.80. The van der Waals surface area contributed by atoms with Crippen molar-refractivity contribution >= 4 is 11.9 Å². The number of hydrogen-bond donors (Lipinski definition) is 5. The second-order valence-electron chi connectivity index (χ2n) is 8.33. The minimum Gasteiger partial charge on any atom is -0.471 e. The number of aliphatic hydroxyl groups is 5. The van der Waals surface area contributed by atoms with Crippen molar-refractivity contribution in [3.05, 3.63) is 35.6 Å². The summed E-state index contributed by atoms with van der Waals surface area (Å²) in [4.78, 5) is 24.7. The van der Waals surface area contributed by atoms with Gasteiger partial charge in [-0.3, -0.25) is 0 Å². The molecule has 4 rings (SSSR count). The molecule has 0 saturated carbocycles. The molecule has 33 heavy (non-hydrogen) atoms. The molecule has 12 heteroatoms. The molecule has 0 aromatic heterocycles. The van der Waals surface area contributed by atoms with Crippen LogP contribution in [0.3, 0.4) is 0 Å². The van der Waals surface area contributed by atoms with Gasteiger partial charge in [-0.1, -0.05) is 6.08 Å². The van der Waals surface area contributed by atoms with Crippen LogP contribution in [0.4, 0.5) is 0 Å². The van der Waals surface area contributed by atoms with Crippen molar-refractivity contribution in [3.8, 4) is 0 Å². The number of fused-ring (bicyclic) bond motifs is 2. The van der Waals surface area contributed by atoms with Crippen molar-refractivity contribution in [1.29, 1.82) is 0 Å². The van der Waals surface area contributed by atoms with E-state index in [1.807, 2.05) is 0 Å². The summed E-state index contributed by atoms with van der Waals surface area (Å²) in [5.41, 5.74) is -1.30. The van der Waals surface area contributed by atoms with Crippen LogP contribution in [0.1, 0.15) is 6.92 Å². The van der Waals surface area contributed by atoms with Gasteiger partial charge in [-0.2, -0.15) is 0 Å². The Hall–Kier alpha value is -2.32. The summed E-state index contributed by atoms with van der Waals surface area (Å²) in [6, 6.07) is 0. The van der Waals surface area contributed by atoms with Gasteiger partial charge < -0.3 is 49.2 Å². The highest BCUT2D eigenvalue weighted by atomic mass is 16.8. The van der Waals surface area contributed by atoms with Crippen molar-refractivity contribution in [2.45, 2.75) is 55.6 Å². The van der Waals surface area contributed by atoms with Gasteiger partial charge >= 0.3 is 11.9 Å². The summed E-state index contributed by atoms with van der Waals surface area (Å²) < 4.78 is 27.2. The van der Waals surface area contributed by atoms with Crippen LogP contribution in [0, 0.1) is 11.8 Å². The maximum atomic E-state index is 12.4. The molecule has 12 nitrogen and oxygen atoms in total. The first-order valence-electron chi connectivity index (χ1n) is 10.4. The van der Waals surface area contributed by atoms with Gasteiger partial charge in [0, 0.05) is 5.92 Å². The molecule has 1 fully saturated rings. The zero-order valence-corrected chi connectivity index (χ0v) is 17.8. The quantitative estimate of drug-likeness (QED) is 0.213. The van der Waals surface area contributed by atoms with Crippen molar-refractivity contribution < 1.29 is 58.8 Å². The third-order valence-electron chi connectivity index (χ3n) is 6.33. The number of esters is 2. The Morgan fingerprint density at radius 3 is 2.55 bits per heavy atom. The Labute approximate surface area is 188 Å². The van der Waals surface area contributed by atoms with Gasteiger partial charge in [-0.15, -0.1) is 0 Å². The van der Waals surface area contributed by atoms with E-state index in [1.54, 1.807) is 12.2 Å². The smallest absolute Gasteiger partial charge is 0.337 e. The van der Waals surface area contributed by atoms with Gasteiger partial charge in [-0.05, 0) is 19.1 Å². The van der Waals surface area contributed by atoms with E-state index in [-0.39, 0.29) is 11.1 Å². The molecular weight excluding hydrogens is 444 g/mol. The first kappa shape index (κ1) is 23.8. The third kappa shape index (κ3) is 3.87. The monoisotopic (exact) mass is 470 g/mol. The van der Waals surface area contributed by atoms with Crippen LogP contribution < -0.4 is 0 Å². The Bertz CT molecular complexity index is 892. The zero-order valence-electron chi connectivity index (χ0n) is 17.8. The van der Waals surface area contributed by atoms with Crippen LogP contribution >= 0.6 is 0 Å². The number of aliphatic hydroxyl groups excluding tert-OH is 5. The van der Waals surface area contributed by atoms with Crippen LogP contribution in [0.15, 0.2) is 35.6 Å². The lowest BCUT2D eigenvalue weighted by Crippen LogP contribution is -2.60. The molecule has 182 valence electrons. The molecule has 1 saturated heterocycles. The van der Waals surface area contributed by atoms with Gasteiger partial charge in [0.25, 0.3) is 0 Å². The fourth-order valence-corrected chi connectivity index (χ4v) is 4.57. The molecule has 4 aliphatic rings. The molecule has 0 unspecified atom stereocenters. The SMILES string of the molecule is COC(=O)C1=CO[C@H](O[C@H]2O[C@H](CO)[C@@H](O)[C@H](O)[C@H]2O)[C@H]2[C@@H]1C=C[C@@]21C=C([C@H](C)O)C(=O)O1. The molecule has 0 radical (unpaired) electrons. The Morgan fingerprint density at radius 1 is 1.21 bits per heavy atom. The van der Waals surface area contributed by atoms with E-state index >= 15 is 0 Å². The number of carbonyl (C=O) groups excluding carboxylic acids is 2. The van der Waals surface area contributed by atoms with Crippen molar-refractivity contribution in [2.24, 2.45) is 11.8 Å².